The minimum Gasteiger partial charge on any atom is -0.492 e. The third-order valence-corrected chi connectivity index (χ3v) is 3.34. The summed E-state index contributed by atoms with van der Waals surface area (Å²) in [6, 6.07) is 8.93. The molecule has 2 N–H and O–H groups in total. The predicted octanol–water partition coefficient (Wildman–Crippen LogP) is 4.16. The van der Waals surface area contributed by atoms with E-state index in [0.717, 1.165) is 12.8 Å². The van der Waals surface area contributed by atoms with Crippen molar-refractivity contribution in [3.05, 3.63) is 41.7 Å². The van der Waals surface area contributed by atoms with E-state index in [2.05, 4.69) is 6.92 Å². The van der Waals surface area contributed by atoms with Gasteiger partial charge in [0, 0.05) is 12.0 Å². The lowest BCUT2D eigenvalue weighted by atomic mass is 10.1. The van der Waals surface area contributed by atoms with E-state index in [0.29, 0.717) is 12.0 Å². The van der Waals surface area contributed by atoms with Gasteiger partial charge in [-0.1, -0.05) is 62.9 Å². The van der Waals surface area contributed by atoms with Crippen LogP contribution in [0.2, 0.25) is 0 Å². The Kier molecular flexibility index (Phi) is 12.5. The molecule has 1 rings (SSSR count). The number of rotatable bonds is 10. The van der Waals surface area contributed by atoms with E-state index in [-0.39, 0.29) is 11.5 Å². The summed E-state index contributed by atoms with van der Waals surface area (Å²) in [4.78, 5) is 20.9. The molecule has 0 atom stereocenters. The quantitative estimate of drug-likeness (QED) is 0.373. The second-order valence-corrected chi connectivity index (χ2v) is 5.30. The van der Waals surface area contributed by atoms with Crippen LogP contribution in [0.3, 0.4) is 0 Å². The molecule has 25 heavy (non-hydrogen) atoms. The standard InChI is InChI=1S/C11H12O4.C8H16O2/c1-14-9(10(15-2)11(12)13)8-6-4-3-5-7-8;1-2-3-4-5-6-7-8(9)10/h3-7H,1-2H3,(H,12,13);2-7H2,1H3,(H,9,10). The van der Waals surface area contributed by atoms with Gasteiger partial charge < -0.3 is 19.7 Å². The van der Waals surface area contributed by atoms with Gasteiger partial charge in [0.05, 0.1) is 14.2 Å². The Morgan fingerprint density at radius 3 is 1.96 bits per heavy atom. The highest BCUT2D eigenvalue weighted by atomic mass is 16.5. The molecular formula is C19H28O6. The molecule has 0 amide bonds. The molecule has 0 heterocycles. The lowest BCUT2D eigenvalue weighted by molar-refractivity contribution is -0.137. The molecule has 0 aliphatic rings. The summed E-state index contributed by atoms with van der Waals surface area (Å²) in [5.41, 5.74) is 0.666. The zero-order valence-electron chi connectivity index (χ0n) is 15.2. The van der Waals surface area contributed by atoms with Gasteiger partial charge in [0.2, 0.25) is 5.76 Å². The van der Waals surface area contributed by atoms with Crippen LogP contribution in [0.15, 0.2) is 36.1 Å². The van der Waals surface area contributed by atoms with Gasteiger partial charge in [0.15, 0.2) is 5.76 Å². The molecule has 0 saturated heterocycles. The molecule has 1 aromatic carbocycles. The summed E-state index contributed by atoms with van der Waals surface area (Å²) < 4.78 is 9.80. The maximum absolute atomic E-state index is 10.8. The second kappa shape index (κ2) is 13.9. The second-order valence-electron chi connectivity index (χ2n) is 5.30. The molecule has 0 saturated carbocycles. The van der Waals surface area contributed by atoms with E-state index >= 15 is 0 Å². The first-order valence-corrected chi connectivity index (χ1v) is 8.30. The summed E-state index contributed by atoms with van der Waals surface area (Å²) >= 11 is 0. The van der Waals surface area contributed by atoms with Crippen molar-refractivity contribution >= 4 is 17.7 Å². The number of hydrogen-bond donors (Lipinski definition) is 2. The van der Waals surface area contributed by atoms with Crippen molar-refractivity contribution < 1.29 is 29.3 Å². The van der Waals surface area contributed by atoms with Crippen LogP contribution in [-0.4, -0.2) is 36.4 Å². The number of benzene rings is 1. The average Bonchev–Trinajstić information content (AvgIpc) is 2.60. The van der Waals surface area contributed by atoms with Crippen LogP contribution in [0.25, 0.3) is 5.76 Å². The van der Waals surface area contributed by atoms with Crippen molar-refractivity contribution in [2.24, 2.45) is 0 Å². The average molecular weight is 352 g/mol. The van der Waals surface area contributed by atoms with E-state index in [1.807, 2.05) is 6.07 Å². The van der Waals surface area contributed by atoms with Gasteiger partial charge >= 0.3 is 11.9 Å². The van der Waals surface area contributed by atoms with E-state index in [9.17, 15) is 9.59 Å². The van der Waals surface area contributed by atoms with Gasteiger partial charge in [-0.25, -0.2) is 4.79 Å². The Balaban J connectivity index is 0.000000504. The van der Waals surface area contributed by atoms with Crippen molar-refractivity contribution in [2.75, 3.05) is 14.2 Å². The molecule has 0 spiro atoms. The smallest absolute Gasteiger partial charge is 0.375 e. The molecule has 6 heteroatoms. The molecule has 0 radical (unpaired) electrons. The Labute approximate surface area is 149 Å². The zero-order valence-corrected chi connectivity index (χ0v) is 15.2. The van der Waals surface area contributed by atoms with E-state index in [1.54, 1.807) is 24.3 Å². The topological polar surface area (TPSA) is 93.1 Å². The van der Waals surface area contributed by atoms with Gasteiger partial charge in [0.1, 0.15) is 0 Å². The fourth-order valence-electron chi connectivity index (χ4n) is 2.09. The van der Waals surface area contributed by atoms with E-state index < -0.39 is 11.9 Å². The third-order valence-electron chi connectivity index (χ3n) is 3.34. The van der Waals surface area contributed by atoms with Crippen LogP contribution in [0.5, 0.6) is 0 Å². The molecule has 0 unspecified atom stereocenters. The van der Waals surface area contributed by atoms with Gasteiger partial charge in [-0.15, -0.1) is 0 Å². The maximum Gasteiger partial charge on any atom is 0.375 e. The lowest BCUT2D eigenvalue weighted by Crippen LogP contribution is -2.07. The molecule has 1 aromatic rings. The van der Waals surface area contributed by atoms with Crippen molar-refractivity contribution in [3.8, 4) is 0 Å². The Hall–Kier alpha value is -2.50. The van der Waals surface area contributed by atoms with Gasteiger partial charge in [0.25, 0.3) is 0 Å². The molecule has 0 bridgehead atoms. The van der Waals surface area contributed by atoms with E-state index in [4.69, 9.17) is 19.7 Å². The summed E-state index contributed by atoms with van der Waals surface area (Å²) in [6.07, 6.45) is 5.88. The summed E-state index contributed by atoms with van der Waals surface area (Å²) in [5.74, 6) is -1.82. The number of carboxylic acid groups (broad SMARTS) is 2. The molecule has 6 nitrogen and oxygen atoms in total. The fraction of sp³-hybridized carbons (Fsp3) is 0.474. The number of methoxy groups -OCH3 is 2. The minimum absolute atomic E-state index is 0.205. The van der Waals surface area contributed by atoms with E-state index in [1.165, 1.54) is 33.5 Å². The molecule has 0 aliphatic heterocycles. The van der Waals surface area contributed by atoms with Gasteiger partial charge in [-0.05, 0) is 6.42 Å². The number of aliphatic carboxylic acids is 2. The summed E-state index contributed by atoms with van der Waals surface area (Å²) in [7, 11) is 2.70. The first-order chi connectivity index (χ1) is 12.0. The highest BCUT2D eigenvalue weighted by Gasteiger charge is 2.17. The number of ether oxygens (including phenoxy) is 2. The maximum atomic E-state index is 10.8. The van der Waals surface area contributed by atoms with Crippen molar-refractivity contribution in [1.29, 1.82) is 0 Å². The van der Waals surface area contributed by atoms with Crippen LogP contribution in [-0.2, 0) is 19.1 Å². The van der Waals surface area contributed by atoms with Gasteiger partial charge in [-0.2, -0.15) is 0 Å². The normalized spacial score (nSPS) is 10.8. The number of carbonyl (C=O) groups is 2. The summed E-state index contributed by atoms with van der Waals surface area (Å²) in [6.45, 7) is 2.15. The number of carboxylic acids is 2. The first-order valence-electron chi connectivity index (χ1n) is 8.30. The van der Waals surface area contributed by atoms with Crippen LogP contribution in [0.1, 0.15) is 51.0 Å². The van der Waals surface area contributed by atoms with Crippen LogP contribution < -0.4 is 0 Å². The minimum atomic E-state index is -1.15. The predicted molar refractivity (Wildman–Crippen MR) is 96.0 cm³/mol. The van der Waals surface area contributed by atoms with Gasteiger partial charge in [-0.3, -0.25) is 4.79 Å². The highest BCUT2D eigenvalue weighted by molar-refractivity contribution is 5.92. The number of hydrogen-bond acceptors (Lipinski definition) is 4. The largest absolute Gasteiger partial charge is 0.492 e. The van der Waals surface area contributed by atoms with Crippen LogP contribution in [0, 0.1) is 0 Å². The highest BCUT2D eigenvalue weighted by Crippen LogP contribution is 2.19. The molecule has 0 aromatic heterocycles. The lowest BCUT2D eigenvalue weighted by Gasteiger charge is -2.09. The molecular weight excluding hydrogens is 324 g/mol. The van der Waals surface area contributed by atoms with Crippen LogP contribution in [0.4, 0.5) is 0 Å². The SMILES string of the molecule is CCCCCCCC(=O)O.COC(C(=O)O)=C(OC)c1ccccc1. The molecule has 140 valence electrons. The molecule has 0 aliphatic carbocycles. The third kappa shape index (κ3) is 10.1. The Bertz CT molecular complexity index is 536. The van der Waals surface area contributed by atoms with Crippen molar-refractivity contribution in [2.45, 2.75) is 45.4 Å². The van der Waals surface area contributed by atoms with Crippen LogP contribution >= 0.6 is 0 Å². The van der Waals surface area contributed by atoms with Crippen molar-refractivity contribution in [1.82, 2.24) is 0 Å². The fourth-order valence-corrected chi connectivity index (χ4v) is 2.09. The van der Waals surface area contributed by atoms with Crippen molar-refractivity contribution in [3.63, 3.8) is 0 Å². The monoisotopic (exact) mass is 352 g/mol. The zero-order chi connectivity index (χ0) is 19.1. The first kappa shape index (κ1) is 22.5. The Morgan fingerprint density at radius 2 is 1.52 bits per heavy atom. The molecule has 0 fully saturated rings. The summed E-state index contributed by atoms with van der Waals surface area (Å²) in [5, 5.41) is 17.1. The Morgan fingerprint density at radius 1 is 0.920 bits per heavy atom. The number of unbranched alkanes of at least 4 members (excludes halogenated alkanes) is 4.